The number of carbonyl (C=O) groups excluding carboxylic acids is 1. The molecule has 0 bridgehead atoms. The number of nitrogens with one attached hydrogen (secondary N) is 1. The Morgan fingerprint density at radius 1 is 1.30 bits per heavy atom. The Bertz CT molecular complexity index is 453. The van der Waals surface area contributed by atoms with E-state index in [9.17, 15) is 4.79 Å². The van der Waals surface area contributed by atoms with Crippen LogP contribution in [0.4, 0.5) is 4.79 Å². The third kappa shape index (κ3) is 3.73. The molecule has 1 fully saturated rings. The van der Waals surface area contributed by atoms with Gasteiger partial charge >= 0.3 is 6.09 Å². The van der Waals surface area contributed by atoms with E-state index in [1.165, 1.54) is 5.56 Å². The van der Waals surface area contributed by atoms with Crippen LogP contribution in [0.2, 0.25) is 0 Å². The number of hydrogen-bond donors (Lipinski definition) is 1. The quantitative estimate of drug-likeness (QED) is 0.857. The molecule has 0 saturated carbocycles. The molecule has 1 amide bonds. The smallest absolute Gasteiger partial charge is 0.410 e. The van der Waals surface area contributed by atoms with Crippen LogP contribution < -0.4 is 5.32 Å². The first-order chi connectivity index (χ1) is 9.37. The van der Waals surface area contributed by atoms with E-state index in [1.54, 1.807) is 0 Å². The molecule has 2 atom stereocenters. The molecule has 20 heavy (non-hydrogen) atoms. The van der Waals surface area contributed by atoms with Crippen LogP contribution in [-0.2, 0) is 4.74 Å². The monoisotopic (exact) mass is 276 g/mol. The van der Waals surface area contributed by atoms with Gasteiger partial charge in [-0.05, 0) is 33.3 Å². The molecule has 1 aliphatic rings. The van der Waals surface area contributed by atoms with Crippen molar-refractivity contribution in [2.24, 2.45) is 0 Å². The third-order valence-corrected chi connectivity index (χ3v) is 3.40. The summed E-state index contributed by atoms with van der Waals surface area (Å²) in [4.78, 5) is 14.1. The standard InChI is InChI=1S/C16H24N2O2/c1-12-10-17-14(13-8-6-5-7-9-13)11-18(12)15(19)20-16(2,3)4/h5-9,12,14,17H,10-11H2,1-4H3/t12-,14-/m0/s1. The molecule has 110 valence electrons. The highest BCUT2D eigenvalue weighted by Gasteiger charge is 2.32. The van der Waals surface area contributed by atoms with Gasteiger partial charge in [-0.3, -0.25) is 0 Å². The lowest BCUT2D eigenvalue weighted by Gasteiger charge is -2.39. The van der Waals surface area contributed by atoms with E-state index in [4.69, 9.17) is 4.74 Å². The zero-order valence-corrected chi connectivity index (χ0v) is 12.7. The van der Waals surface area contributed by atoms with E-state index in [0.29, 0.717) is 6.54 Å². The second-order valence-electron chi connectivity index (χ2n) is 6.35. The average Bonchev–Trinajstić information content (AvgIpc) is 2.38. The van der Waals surface area contributed by atoms with Crippen LogP contribution in [0.25, 0.3) is 0 Å². The van der Waals surface area contributed by atoms with E-state index >= 15 is 0 Å². The van der Waals surface area contributed by atoms with Crippen molar-refractivity contribution in [2.45, 2.75) is 45.4 Å². The van der Waals surface area contributed by atoms with E-state index in [-0.39, 0.29) is 18.2 Å². The van der Waals surface area contributed by atoms with Crippen molar-refractivity contribution >= 4 is 6.09 Å². The first-order valence-corrected chi connectivity index (χ1v) is 7.15. The molecule has 1 aromatic rings. The topological polar surface area (TPSA) is 41.6 Å². The number of ether oxygens (including phenoxy) is 1. The molecule has 0 unspecified atom stereocenters. The van der Waals surface area contributed by atoms with Crippen LogP contribution in [0.1, 0.15) is 39.3 Å². The van der Waals surface area contributed by atoms with Crippen molar-refractivity contribution in [3.63, 3.8) is 0 Å². The van der Waals surface area contributed by atoms with Gasteiger partial charge in [0.2, 0.25) is 0 Å². The molecule has 1 aromatic carbocycles. The summed E-state index contributed by atoms with van der Waals surface area (Å²) in [7, 11) is 0. The van der Waals surface area contributed by atoms with Crippen LogP contribution in [-0.4, -0.2) is 35.7 Å². The molecule has 0 radical (unpaired) electrons. The number of amides is 1. The molecule has 1 aliphatic heterocycles. The molecule has 1 saturated heterocycles. The summed E-state index contributed by atoms with van der Waals surface area (Å²) in [5.74, 6) is 0. The highest BCUT2D eigenvalue weighted by atomic mass is 16.6. The predicted octanol–water partition coefficient (Wildman–Crippen LogP) is 2.96. The molecule has 0 aromatic heterocycles. The van der Waals surface area contributed by atoms with Crippen molar-refractivity contribution < 1.29 is 9.53 Å². The number of benzene rings is 1. The lowest BCUT2D eigenvalue weighted by molar-refractivity contribution is 0.00958. The van der Waals surface area contributed by atoms with Gasteiger partial charge in [0.15, 0.2) is 0 Å². The van der Waals surface area contributed by atoms with Gasteiger partial charge in [0.25, 0.3) is 0 Å². The Morgan fingerprint density at radius 2 is 1.95 bits per heavy atom. The van der Waals surface area contributed by atoms with Gasteiger partial charge in [0, 0.05) is 19.1 Å². The molecule has 1 N–H and O–H groups in total. The molecule has 4 nitrogen and oxygen atoms in total. The molecular formula is C16H24N2O2. The fourth-order valence-electron chi connectivity index (χ4n) is 2.35. The summed E-state index contributed by atoms with van der Waals surface area (Å²) in [5.41, 5.74) is 0.747. The van der Waals surface area contributed by atoms with Crippen LogP contribution in [0.3, 0.4) is 0 Å². The maximum atomic E-state index is 12.3. The molecule has 1 heterocycles. The van der Waals surface area contributed by atoms with Crippen molar-refractivity contribution in [2.75, 3.05) is 13.1 Å². The summed E-state index contributed by atoms with van der Waals surface area (Å²) < 4.78 is 5.49. The minimum atomic E-state index is -0.454. The summed E-state index contributed by atoms with van der Waals surface area (Å²) in [6.07, 6.45) is -0.229. The van der Waals surface area contributed by atoms with Gasteiger partial charge in [-0.15, -0.1) is 0 Å². The van der Waals surface area contributed by atoms with Gasteiger partial charge in [-0.2, -0.15) is 0 Å². The fourth-order valence-corrected chi connectivity index (χ4v) is 2.35. The van der Waals surface area contributed by atoms with Gasteiger partial charge in [-0.1, -0.05) is 30.3 Å². The zero-order chi connectivity index (χ0) is 14.8. The molecule has 4 heteroatoms. The van der Waals surface area contributed by atoms with Crippen molar-refractivity contribution in [3.05, 3.63) is 35.9 Å². The SMILES string of the molecule is C[C@H]1CN[C@H](c2ccccc2)CN1C(=O)OC(C)(C)C. The number of piperazine rings is 1. The number of carbonyl (C=O) groups is 1. The summed E-state index contributed by atoms with van der Waals surface area (Å²) in [6, 6.07) is 10.5. The highest BCUT2D eigenvalue weighted by molar-refractivity contribution is 5.68. The minimum Gasteiger partial charge on any atom is -0.444 e. The normalized spacial score (nSPS) is 23.5. The van der Waals surface area contributed by atoms with Crippen LogP contribution in [0, 0.1) is 0 Å². The Hall–Kier alpha value is -1.55. The molecule has 2 rings (SSSR count). The van der Waals surface area contributed by atoms with E-state index < -0.39 is 5.60 Å². The first kappa shape index (κ1) is 14.9. The minimum absolute atomic E-state index is 0.143. The Balaban J connectivity index is 2.07. The summed E-state index contributed by atoms with van der Waals surface area (Å²) >= 11 is 0. The maximum Gasteiger partial charge on any atom is 0.410 e. The average molecular weight is 276 g/mol. The largest absolute Gasteiger partial charge is 0.444 e. The fraction of sp³-hybridized carbons (Fsp3) is 0.562. The van der Waals surface area contributed by atoms with Gasteiger partial charge in [0.05, 0.1) is 6.04 Å². The number of rotatable bonds is 1. The highest BCUT2D eigenvalue weighted by Crippen LogP contribution is 2.21. The lowest BCUT2D eigenvalue weighted by atomic mass is 10.0. The Kier molecular flexibility index (Phi) is 4.33. The zero-order valence-electron chi connectivity index (χ0n) is 12.7. The van der Waals surface area contributed by atoms with Crippen molar-refractivity contribution in [1.29, 1.82) is 0 Å². The Morgan fingerprint density at radius 3 is 2.55 bits per heavy atom. The second-order valence-corrected chi connectivity index (χ2v) is 6.35. The first-order valence-electron chi connectivity index (χ1n) is 7.15. The summed E-state index contributed by atoms with van der Waals surface area (Å²) in [6.45, 7) is 9.14. The van der Waals surface area contributed by atoms with Gasteiger partial charge in [-0.25, -0.2) is 4.79 Å². The van der Waals surface area contributed by atoms with Gasteiger partial charge < -0.3 is 15.0 Å². The molecule has 0 aliphatic carbocycles. The maximum absolute atomic E-state index is 12.3. The Labute approximate surface area is 121 Å². The third-order valence-electron chi connectivity index (χ3n) is 3.40. The van der Waals surface area contributed by atoms with Crippen molar-refractivity contribution in [3.8, 4) is 0 Å². The second kappa shape index (κ2) is 5.83. The van der Waals surface area contributed by atoms with E-state index in [1.807, 2.05) is 50.8 Å². The number of hydrogen-bond acceptors (Lipinski definition) is 3. The molecule has 0 spiro atoms. The van der Waals surface area contributed by atoms with Gasteiger partial charge in [0.1, 0.15) is 5.60 Å². The summed E-state index contributed by atoms with van der Waals surface area (Å²) in [5, 5.41) is 3.48. The predicted molar refractivity (Wildman–Crippen MR) is 79.6 cm³/mol. The van der Waals surface area contributed by atoms with E-state index in [0.717, 1.165) is 6.54 Å². The van der Waals surface area contributed by atoms with E-state index in [2.05, 4.69) is 17.4 Å². The lowest BCUT2D eigenvalue weighted by Crippen LogP contribution is -2.54. The van der Waals surface area contributed by atoms with Crippen LogP contribution >= 0.6 is 0 Å². The molecular weight excluding hydrogens is 252 g/mol. The number of nitrogens with zero attached hydrogens (tertiary/aromatic N) is 1. The van der Waals surface area contributed by atoms with Crippen molar-refractivity contribution in [1.82, 2.24) is 10.2 Å². The van der Waals surface area contributed by atoms with Crippen LogP contribution in [0.5, 0.6) is 0 Å². The van der Waals surface area contributed by atoms with Crippen LogP contribution in [0.15, 0.2) is 30.3 Å².